The first kappa shape index (κ1) is 10.9. The lowest BCUT2D eigenvalue weighted by Gasteiger charge is -2.38. The first-order chi connectivity index (χ1) is 7.11. The van der Waals surface area contributed by atoms with Gasteiger partial charge in [-0.1, -0.05) is 6.92 Å². The predicted octanol–water partition coefficient (Wildman–Crippen LogP) is 0.581. The Bertz CT molecular complexity index is 249. The van der Waals surface area contributed by atoms with Crippen LogP contribution in [-0.2, 0) is 9.53 Å². The highest BCUT2D eigenvalue weighted by molar-refractivity contribution is 5.80. The maximum Gasteiger partial charge on any atom is 0.237 e. The quantitative estimate of drug-likeness (QED) is 0.728. The van der Waals surface area contributed by atoms with Gasteiger partial charge in [0.15, 0.2) is 0 Å². The predicted molar refractivity (Wildman–Crippen MR) is 57.3 cm³/mol. The van der Waals surface area contributed by atoms with Gasteiger partial charge in [-0.3, -0.25) is 10.1 Å². The summed E-state index contributed by atoms with van der Waals surface area (Å²) in [4.78, 5) is 13.6. The van der Waals surface area contributed by atoms with Crippen molar-refractivity contribution in [1.82, 2.24) is 10.2 Å². The molecule has 2 fully saturated rings. The van der Waals surface area contributed by atoms with Crippen LogP contribution in [0.2, 0.25) is 0 Å². The number of nitrogens with zero attached hydrogens (tertiary/aromatic N) is 1. The second kappa shape index (κ2) is 4.10. The summed E-state index contributed by atoms with van der Waals surface area (Å²) >= 11 is 0. The van der Waals surface area contributed by atoms with Gasteiger partial charge in [-0.2, -0.15) is 0 Å². The summed E-state index contributed by atoms with van der Waals surface area (Å²) < 4.78 is 5.36. The van der Waals surface area contributed by atoms with Crippen molar-refractivity contribution in [3.63, 3.8) is 0 Å². The third-order valence-corrected chi connectivity index (χ3v) is 3.59. The first-order valence-corrected chi connectivity index (χ1v) is 5.71. The lowest BCUT2D eigenvalue weighted by Crippen LogP contribution is -2.44. The Hall–Kier alpha value is -0.610. The average Bonchev–Trinajstić information content (AvgIpc) is 2.50. The van der Waals surface area contributed by atoms with Gasteiger partial charge < -0.3 is 9.64 Å². The van der Waals surface area contributed by atoms with E-state index in [2.05, 4.69) is 12.2 Å². The summed E-state index contributed by atoms with van der Waals surface area (Å²) in [6.07, 6.45) is 2.31. The summed E-state index contributed by atoms with van der Waals surface area (Å²) in [7, 11) is 0. The monoisotopic (exact) mass is 212 g/mol. The topological polar surface area (TPSA) is 41.6 Å². The molecule has 0 aliphatic carbocycles. The van der Waals surface area contributed by atoms with Gasteiger partial charge in [0, 0.05) is 19.8 Å². The van der Waals surface area contributed by atoms with Crippen LogP contribution >= 0.6 is 0 Å². The zero-order valence-corrected chi connectivity index (χ0v) is 9.58. The number of hydrogen-bond donors (Lipinski definition) is 1. The van der Waals surface area contributed by atoms with E-state index in [0.717, 1.165) is 32.6 Å². The number of carbonyl (C=O) groups is 1. The molecule has 0 aromatic heterocycles. The number of hydrogen-bond acceptors (Lipinski definition) is 3. The van der Waals surface area contributed by atoms with E-state index < -0.39 is 0 Å². The molecule has 0 saturated carbocycles. The van der Waals surface area contributed by atoms with Crippen LogP contribution < -0.4 is 5.32 Å². The highest BCUT2D eigenvalue weighted by atomic mass is 16.5. The van der Waals surface area contributed by atoms with E-state index >= 15 is 0 Å². The molecule has 1 atom stereocenters. The Morgan fingerprint density at radius 3 is 2.73 bits per heavy atom. The zero-order valence-electron chi connectivity index (χ0n) is 9.58. The van der Waals surface area contributed by atoms with E-state index in [1.807, 2.05) is 11.8 Å². The minimum atomic E-state index is 0.192. The summed E-state index contributed by atoms with van der Waals surface area (Å²) in [5.41, 5.74) is 0.244. The number of carbonyl (C=O) groups excluding carboxylic acids is 1. The molecule has 0 aromatic carbocycles. The molecule has 86 valence electrons. The molecule has 2 aliphatic rings. The molecule has 0 radical (unpaired) electrons. The second-order valence-corrected chi connectivity index (χ2v) is 5.00. The largest absolute Gasteiger partial charge is 0.381 e. The van der Waals surface area contributed by atoms with Crippen molar-refractivity contribution in [3.8, 4) is 0 Å². The van der Waals surface area contributed by atoms with Crippen molar-refractivity contribution in [2.24, 2.45) is 5.41 Å². The molecule has 4 heteroatoms. The average molecular weight is 212 g/mol. The van der Waals surface area contributed by atoms with Crippen molar-refractivity contribution >= 4 is 5.91 Å². The van der Waals surface area contributed by atoms with Crippen molar-refractivity contribution in [2.75, 3.05) is 26.3 Å². The molecular formula is C11H20N2O2. The van der Waals surface area contributed by atoms with Gasteiger partial charge in [-0.15, -0.1) is 0 Å². The standard InChI is InChI=1S/C11H20N2O2/c1-9-12-7-10(14)13(9)8-11(2)3-5-15-6-4-11/h9,12H,3-8H2,1-2H3. The molecular weight excluding hydrogens is 192 g/mol. The molecule has 2 rings (SSSR count). The Morgan fingerprint density at radius 2 is 2.20 bits per heavy atom. The van der Waals surface area contributed by atoms with E-state index in [1.54, 1.807) is 0 Å². The van der Waals surface area contributed by atoms with E-state index in [1.165, 1.54) is 0 Å². The molecule has 0 bridgehead atoms. The van der Waals surface area contributed by atoms with Gasteiger partial charge in [-0.05, 0) is 25.2 Å². The SMILES string of the molecule is CC1NCC(=O)N1CC1(C)CCOCC1. The Labute approximate surface area is 91.0 Å². The van der Waals surface area contributed by atoms with Gasteiger partial charge in [-0.25, -0.2) is 0 Å². The fourth-order valence-electron chi connectivity index (χ4n) is 2.32. The third-order valence-electron chi connectivity index (χ3n) is 3.59. The maximum absolute atomic E-state index is 11.6. The first-order valence-electron chi connectivity index (χ1n) is 5.71. The summed E-state index contributed by atoms with van der Waals surface area (Å²) in [6.45, 7) is 7.33. The minimum Gasteiger partial charge on any atom is -0.381 e. The van der Waals surface area contributed by atoms with E-state index in [9.17, 15) is 4.79 Å². The molecule has 2 aliphatic heterocycles. The fourth-order valence-corrected chi connectivity index (χ4v) is 2.32. The molecule has 4 nitrogen and oxygen atoms in total. The second-order valence-electron chi connectivity index (χ2n) is 5.00. The molecule has 2 heterocycles. The van der Waals surface area contributed by atoms with Crippen LogP contribution in [0, 0.1) is 5.41 Å². The van der Waals surface area contributed by atoms with Crippen molar-refractivity contribution in [2.45, 2.75) is 32.9 Å². The van der Waals surface area contributed by atoms with Crippen LogP contribution in [0.25, 0.3) is 0 Å². The molecule has 2 saturated heterocycles. The highest BCUT2D eigenvalue weighted by Gasteiger charge is 2.35. The van der Waals surface area contributed by atoms with Crippen LogP contribution in [0.4, 0.5) is 0 Å². The molecule has 0 aromatic rings. The minimum absolute atomic E-state index is 0.192. The lowest BCUT2D eigenvalue weighted by molar-refractivity contribution is -0.130. The number of ether oxygens (including phenoxy) is 1. The van der Waals surface area contributed by atoms with Gasteiger partial charge in [0.2, 0.25) is 5.91 Å². The van der Waals surface area contributed by atoms with E-state index in [-0.39, 0.29) is 17.5 Å². The van der Waals surface area contributed by atoms with Gasteiger partial charge >= 0.3 is 0 Å². The van der Waals surface area contributed by atoms with Gasteiger partial charge in [0.1, 0.15) is 0 Å². The Morgan fingerprint density at radius 1 is 1.53 bits per heavy atom. The normalized spacial score (nSPS) is 30.9. The van der Waals surface area contributed by atoms with Crippen molar-refractivity contribution in [1.29, 1.82) is 0 Å². The Kier molecular flexibility index (Phi) is 2.98. The molecule has 1 unspecified atom stereocenters. The number of rotatable bonds is 2. The van der Waals surface area contributed by atoms with Gasteiger partial charge in [0.25, 0.3) is 0 Å². The van der Waals surface area contributed by atoms with E-state index in [0.29, 0.717) is 6.54 Å². The zero-order chi connectivity index (χ0) is 10.9. The smallest absolute Gasteiger partial charge is 0.237 e. The van der Waals surface area contributed by atoms with Crippen LogP contribution in [0.3, 0.4) is 0 Å². The lowest BCUT2D eigenvalue weighted by atomic mass is 9.82. The molecule has 15 heavy (non-hydrogen) atoms. The number of amides is 1. The maximum atomic E-state index is 11.6. The molecule has 0 spiro atoms. The van der Waals surface area contributed by atoms with Crippen molar-refractivity contribution in [3.05, 3.63) is 0 Å². The van der Waals surface area contributed by atoms with Crippen LogP contribution in [0.15, 0.2) is 0 Å². The Balaban J connectivity index is 1.97. The van der Waals surface area contributed by atoms with Crippen molar-refractivity contribution < 1.29 is 9.53 Å². The summed E-state index contributed by atoms with van der Waals surface area (Å²) in [5, 5.41) is 3.17. The van der Waals surface area contributed by atoms with Crippen LogP contribution in [0.5, 0.6) is 0 Å². The molecule has 1 amide bonds. The number of nitrogens with one attached hydrogen (secondary N) is 1. The summed E-state index contributed by atoms with van der Waals surface area (Å²) in [5.74, 6) is 0.232. The highest BCUT2D eigenvalue weighted by Crippen LogP contribution is 2.31. The summed E-state index contributed by atoms with van der Waals surface area (Å²) in [6, 6.07) is 0. The third kappa shape index (κ3) is 2.32. The fraction of sp³-hybridized carbons (Fsp3) is 0.909. The molecule has 1 N–H and O–H groups in total. The van der Waals surface area contributed by atoms with Crippen LogP contribution in [0.1, 0.15) is 26.7 Å². The van der Waals surface area contributed by atoms with E-state index in [4.69, 9.17) is 4.74 Å². The van der Waals surface area contributed by atoms with Crippen LogP contribution in [-0.4, -0.2) is 43.3 Å². The van der Waals surface area contributed by atoms with Gasteiger partial charge in [0.05, 0.1) is 12.7 Å².